The Kier molecular flexibility index (Phi) is 7.94. The van der Waals surface area contributed by atoms with Gasteiger partial charge in [0.1, 0.15) is 0 Å². The Bertz CT molecular complexity index is 778. The van der Waals surface area contributed by atoms with Crippen LogP contribution in [0, 0.1) is 0 Å². The van der Waals surface area contributed by atoms with Crippen LogP contribution in [-0.2, 0) is 28.7 Å². The molecule has 0 fully saturated rings. The van der Waals surface area contributed by atoms with E-state index in [1.165, 1.54) is 0 Å². The first-order valence-corrected chi connectivity index (χ1v) is 8.24. The van der Waals surface area contributed by atoms with E-state index in [0.29, 0.717) is 11.4 Å². The summed E-state index contributed by atoms with van der Waals surface area (Å²) in [6.45, 7) is -1.01. The number of esters is 2. The second kappa shape index (κ2) is 10.9. The van der Waals surface area contributed by atoms with Gasteiger partial charge < -0.3 is 20.1 Å². The zero-order chi connectivity index (χ0) is 20.2. The highest BCUT2D eigenvalue weighted by molar-refractivity contribution is 5.97. The maximum atomic E-state index is 11.6. The van der Waals surface area contributed by atoms with Crippen molar-refractivity contribution in [3.05, 3.63) is 72.8 Å². The van der Waals surface area contributed by atoms with Crippen LogP contribution in [0.1, 0.15) is 0 Å². The number of hydrogen-bond acceptors (Lipinski definition) is 6. The van der Waals surface area contributed by atoms with Gasteiger partial charge in [-0.15, -0.1) is 0 Å². The highest BCUT2D eigenvalue weighted by Crippen LogP contribution is 2.05. The highest BCUT2D eigenvalue weighted by Gasteiger charge is 2.08. The third kappa shape index (κ3) is 7.96. The predicted octanol–water partition coefficient (Wildman–Crippen LogP) is 1.91. The molecular formula is C20H18N2O6. The lowest BCUT2D eigenvalue weighted by Crippen LogP contribution is -2.21. The van der Waals surface area contributed by atoms with E-state index in [9.17, 15) is 19.2 Å². The second-order valence-corrected chi connectivity index (χ2v) is 5.38. The third-order valence-electron chi connectivity index (χ3n) is 3.16. The average Bonchev–Trinajstić information content (AvgIpc) is 2.70. The monoisotopic (exact) mass is 382 g/mol. The van der Waals surface area contributed by atoms with E-state index in [1.807, 2.05) is 0 Å². The van der Waals surface area contributed by atoms with Crippen molar-refractivity contribution in [1.82, 2.24) is 0 Å². The van der Waals surface area contributed by atoms with E-state index in [0.717, 1.165) is 12.2 Å². The summed E-state index contributed by atoms with van der Waals surface area (Å²) in [5.74, 6) is -2.83. The molecule has 0 spiro atoms. The van der Waals surface area contributed by atoms with Gasteiger partial charge in [0.2, 0.25) is 0 Å². The summed E-state index contributed by atoms with van der Waals surface area (Å²) in [6.07, 6.45) is 1.63. The van der Waals surface area contributed by atoms with Gasteiger partial charge in [0.15, 0.2) is 13.2 Å². The smallest absolute Gasteiger partial charge is 0.331 e. The van der Waals surface area contributed by atoms with Crippen molar-refractivity contribution < 1.29 is 28.7 Å². The minimum absolute atomic E-state index is 0.507. The van der Waals surface area contributed by atoms with Crippen molar-refractivity contribution in [2.75, 3.05) is 23.8 Å². The van der Waals surface area contributed by atoms with E-state index in [1.54, 1.807) is 60.7 Å². The molecule has 8 nitrogen and oxygen atoms in total. The second-order valence-electron chi connectivity index (χ2n) is 5.38. The summed E-state index contributed by atoms with van der Waals surface area (Å²) in [4.78, 5) is 46.3. The van der Waals surface area contributed by atoms with E-state index in [2.05, 4.69) is 10.6 Å². The molecule has 0 bridgehead atoms. The largest absolute Gasteiger partial charge is 0.452 e. The summed E-state index contributed by atoms with van der Waals surface area (Å²) in [6, 6.07) is 17.3. The molecule has 2 amide bonds. The molecule has 0 aliphatic carbocycles. The fourth-order valence-electron chi connectivity index (χ4n) is 1.94. The van der Waals surface area contributed by atoms with Gasteiger partial charge >= 0.3 is 11.9 Å². The molecular weight excluding hydrogens is 364 g/mol. The molecule has 144 valence electrons. The summed E-state index contributed by atoms with van der Waals surface area (Å²) in [5, 5.41) is 5.08. The Balaban J connectivity index is 1.65. The number of benzene rings is 2. The topological polar surface area (TPSA) is 111 Å². The molecule has 2 aromatic rings. The molecule has 2 rings (SSSR count). The number of anilines is 2. The molecule has 0 aliphatic heterocycles. The average molecular weight is 382 g/mol. The van der Waals surface area contributed by atoms with E-state index < -0.39 is 37.0 Å². The zero-order valence-electron chi connectivity index (χ0n) is 14.8. The molecule has 0 saturated carbocycles. The first kappa shape index (κ1) is 20.4. The molecule has 0 heterocycles. The standard InChI is InChI=1S/C20H18N2O6/c23-17(21-15-7-3-1-4-8-15)13-27-19(25)11-12-20(26)28-14-18(24)22-16-9-5-2-6-10-16/h1-12H,13-14H2,(H,21,23)(H,22,24)/b12-11+. The molecule has 0 unspecified atom stereocenters. The van der Waals surface area contributed by atoms with Crippen LogP contribution < -0.4 is 10.6 Å². The number of rotatable bonds is 8. The van der Waals surface area contributed by atoms with Gasteiger partial charge in [-0.1, -0.05) is 36.4 Å². The summed E-state index contributed by atoms with van der Waals surface area (Å²) < 4.78 is 9.41. The molecule has 2 aromatic carbocycles. The van der Waals surface area contributed by atoms with Crippen LogP contribution in [0.5, 0.6) is 0 Å². The number of para-hydroxylation sites is 2. The number of nitrogens with one attached hydrogen (secondary N) is 2. The molecule has 0 atom stereocenters. The van der Waals surface area contributed by atoms with Gasteiger partial charge in [0.25, 0.3) is 11.8 Å². The Hall–Kier alpha value is -3.94. The molecule has 8 heteroatoms. The highest BCUT2D eigenvalue weighted by atomic mass is 16.5. The maximum absolute atomic E-state index is 11.6. The SMILES string of the molecule is O=C(COC(=O)/C=C/C(=O)OCC(=O)Nc1ccccc1)Nc1ccccc1. The number of carbonyl (C=O) groups excluding carboxylic acids is 4. The van der Waals surface area contributed by atoms with Crippen molar-refractivity contribution in [2.45, 2.75) is 0 Å². The van der Waals surface area contributed by atoms with Crippen LogP contribution in [0.2, 0.25) is 0 Å². The Morgan fingerprint density at radius 2 is 1.00 bits per heavy atom. The molecule has 0 radical (unpaired) electrons. The summed E-state index contributed by atoms with van der Waals surface area (Å²) >= 11 is 0. The number of hydrogen-bond donors (Lipinski definition) is 2. The van der Waals surface area contributed by atoms with Gasteiger partial charge in [0.05, 0.1) is 0 Å². The maximum Gasteiger partial charge on any atom is 0.331 e. The van der Waals surface area contributed by atoms with Crippen molar-refractivity contribution in [1.29, 1.82) is 0 Å². The molecule has 0 saturated heterocycles. The summed E-state index contributed by atoms with van der Waals surface area (Å²) in [7, 11) is 0. The van der Waals surface area contributed by atoms with Gasteiger partial charge in [-0.05, 0) is 24.3 Å². The number of carbonyl (C=O) groups is 4. The minimum atomic E-state index is -0.895. The van der Waals surface area contributed by atoms with Crippen LogP contribution >= 0.6 is 0 Å². The lowest BCUT2D eigenvalue weighted by Gasteiger charge is -2.05. The fraction of sp³-hybridized carbons (Fsp3) is 0.100. The van der Waals surface area contributed by atoms with Crippen LogP contribution in [0.3, 0.4) is 0 Å². The normalized spacial score (nSPS) is 10.1. The third-order valence-corrected chi connectivity index (χ3v) is 3.16. The molecule has 28 heavy (non-hydrogen) atoms. The van der Waals surface area contributed by atoms with Crippen molar-refractivity contribution >= 4 is 35.1 Å². The van der Waals surface area contributed by atoms with E-state index >= 15 is 0 Å². The predicted molar refractivity (Wildman–Crippen MR) is 101 cm³/mol. The zero-order valence-corrected chi connectivity index (χ0v) is 14.8. The molecule has 0 aromatic heterocycles. The Morgan fingerprint density at radius 3 is 1.36 bits per heavy atom. The lowest BCUT2D eigenvalue weighted by atomic mass is 10.3. The first-order chi connectivity index (χ1) is 13.5. The van der Waals surface area contributed by atoms with Crippen molar-refractivity contribution in [2.24, 2.45) is 0 Å². The van der Waals surface area contributed by atoms with Gasteiger partial charge in [-0.25, -0.2) is 9.59 Å². The van der Waals surface area contributed by atoms with E-state index in [4.69, 9.17) is 9.47 Å². The van der Waals surface area contributed by atoms with Crippen LogP contribution in [0.4, 0.5) is 11.4 Å². The quantitative estimate of drug-likeness (QED) is 0.533. The van der Waals surface area contributed by atoms with Crippen LogP contribution in [0.15, 0.2) is 72.8 Å². The van der Waals surface area contributed by atoms with Gasteiger partial charge in [0, 0.05) is 23.5 Å². The van der Waals surface area contributed by atoms with Crippen LogP contribution in [-0.4, -0.2) is 37.0 Å². The fourth-order valence-corrected chi connectivity index (χ4v) is 1.94. The van der Waals surface area contributed by atoms with Gasteiger partial charge in [-0.2, -0.15) is 0 Å². The van der Waals surface area contributed by atoms with Crippen LogP contribution in [0.25, 0.3) is 0 Å². The van der Waals surface area contributed by atoms with Crippen molar-refractivity contribution in [3.8, 4) is 0 Å². The minimum Gasteiger partial charge on any atom is -0.452 e. The lowest BCUT2D eigenvalue weighted by molar-refractivity contribution is -0.144. The summed E-state index contributed by atoms with van der Waals surface area (Å²) in [5.41, 5.74) is 1.13. The first-order valence-electron chi connectivity index (χ1n) is 8.24. The molecule has 2 N–H and O–H groups in total. The number of ether oxygens (including phenoxy) is 2. The Morgan fingerprint density at radius 1 is 0.643 bits per heavy atom. The Labute approximate surface area is 161 Å². The van der Waals surface area contributed by atoms with Gasteiger partial charge in [-0.3, -0.25) is 9.59 Å². The number of amides is 2. The van der Waals surface area contributed by atoms with E-state index in [-0.39, 0.29) is 0 Å². The molecule has 0 aliphatic rings. The van der Waals surface area contributed by atoms with Crippen molar-refractivity contribution in [3.63, 3.8) is 0 Å².